The molecular formula is C13H19N3O3. The second kappa shape index (κ2) is 7.38. The van der Waals surface area contributed by atoms with Gasteiger partial charge in [0.05, 0.1) is 18.7 Å². The molecular weight excluding hydrogens is 246 g/mol. The molecule has 19 heavy (non-hydrogen) atoms. The van der Waals surface area contributed by atoms with Crippen LogP contribution in [0.5, 0.6) is 0 Å². The fourth-order valence-corrected chi connectivity index (χ4v) is 1.64. The van der Waals surface area contributed by atoms with Gasteiger partial charge in [-0.3, -0.25) is 4.79 Å². The van der Waals surface area contributed by atoms with E-state index in [0.717, 1.165) is 0 Å². The molecule has 0 fully saturated rings. The molecule has 0 unspecified atom stereocenters. The van der Waals surface area contributed by atoms with Gasteiger partial charge >= 0.3 is 0 Å². The van der Waals surface area contributed by atoms with Crippen LogP contribution in [0.1, 0.15) is 18.9 Å². The van der Waals surface area contributed by atoms with Crippen LogP contribution < -0.4 is 10.6 Å². The van der Waals surface area contributed by atoms with Crippen molar-refractivity contribution < 1.29 is 14.7 Å². The zero-order valence-corrected chi connectivity index (χ0v) is 11.2. The summed E-state index contributed by atoms with van der Waals surface area (Å²) in [7, 11) is 1.65. The Morgan fingerprint density at radius 1 is 1.47 bits per heavy atom. The Hall–Kier alpha value is -2.08. The molecule has 0 saturated heterocycles. The van der Waals surface area contributed by atoms with E-state index in [-0.39, 0.29) is 18.2 Å². The van der Waals surface area contributed by atoms with Crippen molar-refractivity contribution in [3.05, 3.63) is 29.8 Å². The molecule has 0 spiro atoms. The number of carbonyl (C=O) groups is 1. The van der Waals surface area contributed by atoms with E-state index in [1.807, 2.05) is 6.92 Å². The molecule has 1 amide bonds. The molecule has 104 valence electrons. The summed E-state index contributed by atoms with van der Waals surface area (Å²) < 4.78 is 5.15. The smallest absolute Gasteiger partial charge is 0.229 e. The van der Waals surface area contributed by atoms with E-state index in [9.17, 15) is 4.79 Å². The Labute approximate surface area is 112 Å². The summed E-state index contributed by atoms with van der Waals surface area (Å²) in [5.74, 6) is -0.119. The summed E-state index contributed by atoms with van der Waals surface area (Å²) in [6, 6.07) is 6.98. The quantitative estimate of drug-likeness (QED) is 0.266. The van der Waals surface area contributed by atoms with Gasteiger partial charge in [-0.2, -0.15) is 0 Å². The fourth-order valence-electron chi connectivity index (χ4n) is 1.64. The third-order valence-corrected chi connectivity index (χ3v) is 2.69. The summed E-state index contributed by atoms with van der Waals surface area (Å²) in [6.07, 6.45) is 0.287. The summed E-state index contributed by atoms with van der Waals surface area (Å²) in [5.41, 5.74) is 6.70. The number of benzene rings is 1. The van der Waals surface area contributed by atoms with E-state index in [1.54, 1.807) is 31.3 Å². The summed E-state index contributed by atoms with van der Waals surface area (Å²) in [5, 5.41) is 11.7. The van der Waals surface area contributed by atoms with Crippen LogP contribution in [0.2, 0.25) is 0 Å². The molecule has 0 radical (unpaired) electrons. The molecule has 0 aromatic heterocycles. The first kappa shape index (κ1) is 15.0. The largest absolute Gasteiger partial charge is 0.409 e. The van der Waals surface area contributed by atoms with Gasteiger partial charge in [0.25, 0.3) is 0 Å². The van der Waals surface area contributed by atoms with E-state index in [2.05, 4.69) is 5.16 Å². The van der Waals surface area contributed by atoms with E-state index in [1.165, 1.54) is 4.90 Å². The minimum absolute atomic E-state index is 0.0277. The predicted molar refractivity (Wildman–Crippen MR) is 73.5 cm³/mol. The molecule has 0 bridgehead atoms. The van der Waals surface area contributed by atoms with Crippen LogP contribution >= 0.6 is 0 Å². The minimum Gasteiger partial charge on any atom is -0.409 e. The minimum atomic E-state index is -0.0911. The van der Waals surface area contributed by atoms with Crippen LogP contribution in [0, 0.1) is 0 Å². The third-order valence-electron chi connectivity index (χ3n) is 2.69. The predicted octanol–water partition coefficient (Wildman–Crippen LogP) is 1.17. The SMILES string of the molecule is CCOCCC(=O)N(C)c1ccccc1C(N)=NO. The van der Waals surface area contributed by atoms with Crippen molar-refractivity contribution in [2.24, 2.45) is 10.9 Å². The molecule has 1 rings (SSSR count). The molecule has 6 nitrogen and oxygen atoms in total. The van der Waals surface area contributed by atoms with Gasteiger partial charge in [0.2, 0.25) is 5.91 Å². The highest BCUT2D eigenvalue weighted by molar-refractivity contribution is 6.06. The Morgan fingerprint density at radius 3 is 2.79 bits per heavy atom. The number of rotatable bonds is 6. The standard InChI is InChI=1S/C13H19N3O3/c1-3-19-9-8-12(17)16(2)11-7-5-4-6-10(11)13(14)15-18/h4-7,18H,3,8-9H2,1-2H3,(H2,14,15). The number of para-hydroxylation sites is 1. The van der Waals surface area contributed by atoms with Gasteiger partial charge in [-0.1, -0.05) is 17.3 Å². The average Bonchev–Trinajstić information content (AvgIpc) is 2.45. The molecule has 3 N–H and O–H groups in total. The monoisotopic (exact) mass is 265 g/mol. The van der Waals surface area contributed by atoms with Gasteiger partial charge in [0.1, 0.15) is 0 Å². The summed E-state index contributed by atoms with van der Waals surface area (Å²) >= 11 is 0. The first-order valence-electron chi connectivity index (χ1n) is 6.03. The normalized spacial score (nSPS) is 11.4. The van der Waals surface area contributed by atoms with Crippen molar-refractivity contribution >= 4 is 17.4 Å². The lowest BCUT2D eigenvalue weighted by atomic mass is 10.1. The van der Waals surface area contributed by atoms with Crippen molar-refractivity contribution in [2.75, 3.05) is 25.2 Å². The molecule has 1 aromatic rings. The number of hydrogen-bond acceptors (Lipinski definition) is 4. The van der Waals surface area contributed by atoms with Gasteiger partial charge in [-0.25, -0.2) is 0 Å². The average molecular weight is 265 g/mol. The van der Waals surface area contributed by atoms with Crippen molar-refractivity contribution in [1.29, 1.82) is 0 Å². The number of ether oxygens (including phenoxy) is 1. The first-order valence-corrected chi connectivity index (χ1v) is 6.03. The lowest BCUT2D eigenvalue weighted by Gasteiger charge is -2.20. The van der Waals surface area contributed by atoms with Crippen LogP contribution in [0.3, 0.4) is 0 Å². The lowest BCUT2D eigenvalue weighted by Crippen LogP contribution is -2.29. The maximum Gasteiger partial charge on any atom is 0.229 e. The maximum atomic E-state index is 12.0. The number of carbonyl (C=O) groups excluding carboxylic acids is 1. The lowest BCUT2D eigenvalue weighted by molar-refractivity contribution is -0.119. The second-order valence-electron chi connectivity index (χ2n) is 3.90. The zero-order valence-electron chi connectivity index (χ0n) is 11.2. The number of anilines is 1. The third kappa shape index (κ3) is 3.96. The van der Waals surface area contributed by atoms with Crippen LogP contribution in [0.4, 0.5) is 5.69 Å². The van der Waals surface area contributed by atoms with Crippen LogP contribution in [-0.4, -0.2) is 37.2 Å². The van der Waals surface area contributed by atoms with E-state index >= 15 is 0 Å². The van der Waals surface area contributed by atoms with Crippen LogP contribution in [0.15, 0.2) is 29.4 Å². The van der Waals surface area contributed by atoms with Crippen LogP contribution in [0.25, 0.3) is 0 Å². The van der Waals surface area contributed by atoms with Gasteiger partial charge < -0.3 is 20.6 Å². The molecule has 0 aliphatic rings. The molecule has 0 heterocycles. The highest BCUT2D eigenvalue weighted by atomic mass is 16.5. The Bertz CT molecular complexity index is 460. The maximum absolute atomic E-state index is 12.0. The first-order chi connectivity index (χ1) is 9.11. The molecule has 6 heteroatoms. The molecule has 0 aliphatic heterocycles. The highest BCUT2D eigenvalue weighted by Crippen LogP contribution is 2.19. The van der Waals surface area contributed by atoms with E-state index < -0.39 is 0 Å². The molecule has 1 aromatic carbocycles. The number of amides is 1. The second-order valence-corrected chi connectivity index (χ2v) is 3.90. The van der Waals surface area contributed by atoms with Gasteiger partial charge in [0.15, 0.2) is 5.84 Å². The van der Waals surface area contributed by atoms with Gasteiger partial charge in [-0.05, 0) is 19.1 Å². The van der Waals surface area contributed by atoms with Gasteiger partial charge in [0, 0.05) is 19.2 Å². The van der Waals surface area contributed by atoms with Crippen molar-refractivity contribution in [3.8, 4) is 0 Å². The molecule has 0 aliphatic carbocycles. The van der Waals surface area contributed by atoms with Crippen molar-refractivity contribution in [2.45, 2.75) is 13.3 Å². The number of oxime groups is 1. The molecule has 0 saturated carbocycles. The summed E-state index contributed by atoms with van der Waals surface area (Å²) in [6.45, 7) is 2.84. The number of amidine groups is 1. The highest BCUT2D eigenvalue weighted by Gasteiger charge is 2.15. The molecule has 0 atom stereocenters. The Kier molecular flexibility index (Phi) is 5.81. The number of nitrogens with two attached hydrogens (primary N) is 1. The number of nitrogens with zero attached hydrogens (tertiary/aromatic N) is 2. The van der Waals surface area contributed by atoms with Crippen molar-refractivity contribution in [1.82, 2.24) is 0 Å². The van der Waals surface area contributed by atoms with Gasteiger partial charge in [-0.15, -0.1) is 0 Å². The van der Waals surface area contributed by atoms with E-state index in [4.69, 9.17) is 15.7 Å². The van der Waals surface area contributed by atoms with E-state index in [0.29, 0.717) is 24.5 Å². The zero-order chi connectivity index (χ0) is 14.3. The fraction of sp³-hybridized carbons (Fsp3) is 0.385. The Balaban J connectivity index is 2.87. The van der Waals surface area contributed by atoms with Crippen molar-refractivity contribution in [3.63, 3.8) is 0 Å². The Morgan fingerprint density at radius 2 is 2.16 bits per heavy atom. The number of hydrogen-bond donors (Lipinski definition) is 2. The topological polar surface area (TPSA) is 88.2 Å². The summed E-state index contributed by atoms with van der Waals surface area (Å²) in [4.78, 5) is 13.5. The van der Waals surface area contributed by atoms with Crippen LogP contribution in [-0.2, 0) is 9.53 Å².